The summed E-state index contributed by atoms with van der Waals surface area (Å²) in [7, 11) is 0. The van der Waals surface area contributed by atoms with Gasteiger partial charge in [0.05, 0.1) is 5.69 Å². The van der Waals surface area contributed by atoms with Gasteiger partial charge < -0.3 is 9.84 Å². The molecule has 4 aromatic rings. The van der Waals surface area contributed by atoms with E-state index in [4.69, 9.17) is 16.1 Å². The Morgan fingerprint density at radius 3 is 2.97 bits per heavy atom. The highest BCUT2D eigenvalue weighted by atomic mass is 35.5. The second-order valence-corrected chi connectivity index (χ2v) is 8.47. The molecule has 0 spiro atoms. The van der Waals surface area contributed by atoms with E-state index in [1.54, 1.807) is 37.3 Å². The van der Waals surface area contributed by atoms with Gasteiger partial charge >= 0.3 is 6.03 Å². The number of urea groups is 1. The minimum atomic E-state index is -0.449. The Balaban J connectivity index is 1.37. The number of fused-ring (bicyclic) bond motifs is 1. The minimum absolute atomic E-state index is 0.281. The van der Waals surface area contributed by atoms with Gasteiger partial charge in [0, 0.05) is 28.6 Å². The lowest BCUT2D eigenvalue weighted by molar-refractivity contribution is 0.262. The number of nitrogens with zero attached hydrogens (tertiary/aromatic N) is 4. The second-order valence-electron chi connectivity index (χ2n) is 5.84. The lowest BCUT2D eigenvalue weighted by Gasteiger charge is -2.04. The number of hydrogen-bond donors (Lipinski definition) is 2. The van der Waals surface area contributed by atoms with Crippen molar-refractivity contribution in [3.8, 4) is 0 Å². The summed E-state index contributed by atoms with van der Waals surface area (Å²) in [4.78, 5) is 28.5. The first kappa shape index (κ1) is 19.4. The van der Waals surface area contributed by atoms with E-state index < -0.39 is 6.03 Å². The summed E-state index contributed by atoms with van der Waals surface area (Å²) in [6.07, 6.45) is 0. The standard InChI is InChI=1S/C17H13ClN6O3S2/c1-9-5-13-19-12(7-14(25)24(13)27-9)8-28-17-23-22-16(29-17)21-15(26)20-11-4-2-3-10(18)6-11/h2-7H,8H2,1H3,(H2,20,21,22,26). The van der Waals surface area contributed by atoms with Crippen molar-refractivity contribution in [2.24, 2.45) is 0 Å². The number of carbonyl (C=O) groups is 1. The van der Waals surface area contributed by atoms with Crippen LogP contribution in [-0.4, -0.2) is 25.8 Å². The van der Waals surface area contributed by atoms with Crippen LogP contribution in [-0.2, 0) is 5.75 Å². The molecule has 0 bridgehead atoms. The van der Waals surface area contributed by atoms with Crippen molar-refractivity contribution in [2.45, 2.75) is 17.0 Å². The lowest BCUT2D eigenvalue weighted by Crippen LogP contribution is -2.19. The van der Waals surface area contributed by atoms with Crippen molar-refractivity contribution >= 4 is 57.2 Å². The Labute approximate surface area is 177 Å². The number of carbonyl (C=O) groups excluding carboxylic acids is 1. The van der Waals surface area contributed by atoms with Crippen molar-refractivity contribution in [3.05, 3.63) is 63.2 Å². The highest BCUT2D eigenvalue weighted by Crippen LogP contribution is 2.28. The number of halogens is 1. The lowest BCUT2D eigenvalue weighted by atomic mass is 10.3. The Bertz CT molecular complexity index is 1250. The molecule has 0 saturated carbocycles. The van der Waals surface area contributed by atoms with Gasteiger partial charge in [-0.2, -0.15) is 0 Å². The van der Waals surface area contributed by atoms with Crippen molar-refractivity contribution in [1.29, 1.82) is 0 Å². The Morgan fingerprint density at radius 1 is 1.28 bits per heavy atom. The number of anilines is 2. The first-order valence-electron chi connectivity index (χ1n) is 8.26. The average molecular weight is 449 g/mol. The number of aryl methyl sites for hydroxylation is 1. The molecule has 2 N–H and O–H groups in total. The average Bonchev–Trinajstić information content (AvgIpc) is 3.26. The zero-order chi connectivity index (χ0) is 20.4. The molecule has 0 aliphatic heterocycles. The first-order valence-corrected chi connectivity index (χ1v) is 10.4. The largest absolute Gasteiger partial charge is 0.375 e. The zero-order valence-corrected chi connectivity index (χ0v) is 17.3. The topological polar surface area (TPSA) is 114 Å². The summed E-state index contributed by atoms with van der Waals surface area (Å²) < 4.78 is 7.05. The molecule has 0 atom stereocenters. The number of thioether (sulfide) groups is 1. The smallest absolute Gasteiger partial charge is 0.325 e. The summed E-state index contributed by atoms with van der Waals surface area (Å²) in [6, 6.07) is 9.48. The summed E-state index contributed by atoms with van der Waals surface area (Å²) in [6.45, 7) is 1.75. The fraction of sp³-hybridized carbons (Fsp3) is 0.118. The zero-order valence-electron chi connectivity index (χ0n) is 14.9. The van der Waals surface area contributed by atoms with E-state index in [0.29, 0.717) is 43.0 Å². The number of nitrogens with one attached hydrogen (secondary N) is 2. The van der Waals surface area contributed by atoms with E-state index >= 15 is 0 Å². The molecule has 9 nitrogen and oxygen atoms in total. The van der Waals surface area contributed by atoms with E-state index in [0.717, 1.165) is 4.57 Å². The molecular formula is C17H13ClN6O3S2. The third-order valence-electron chi connectivity index (χ3n) is 3.58. The molecule has 0 radical (unpaired) electrons. The maximum atomic E-state index is 12.1. The van der Waals surface area contributed by atoms with Crippen molar-refractivity contribution in [3.63, 3.8) is 0 Å². The SMILES string of the molecule is Cc1cc2nc(CSc3nnc(NC(=O)Nc4cccc(Cl)c4)s3)cc(=O)n2o1. The molecule has 29 heavy (non-hydrogen) atoms. The summed E-state index contributed by atoms with van der Waals surface area (Å²) in [5, 5.41) is 14.1. The second kappa shape index (κ2) is 8.23. The van der Waals surface area contributed by atoms with Gasteiger partial charge in [0.25, 0.3) is 5.56 Å². The minimum Gasteiger partial charge on any atom is -0.375 e. The van der Waals surface area contributed by atoms with Gasteiger partial charge in [0.2, 0.25) is 5.13 Å². The molecule has 0 unspecified atom stereocenters. The monoisotopic (exact) mass is 448 g/mol. The summed E-state index contributed by atoms with van der Waals surface area (Å²) in [5.41, 5.74) is 1.35. The Hall–Kier alpha value is -2.89. The molecule has 1 aromatic carbocycles. The molecule has 3 aromatic heterocycles. The highest BCUT2D eigenvalue weighted by Gasteiger charge is 2.11. The van der Waals surface area contributed by atoms with Gasteiger partial charge in [-0.1, -0.05) is 40.8 Å². The van der Waals surface area contributed by atoms with Crippen LogP contribution in [0.25, 0.3) is 5.65 Å². The van der Waals surface area contributed by atoms with E-state index in [9.17, 15) is 9.59 Å². The number of rotatable bonds is 5. The molecular weight excluding hydrogens is 436 g/mol. The van der Waals surface area contributed by atoms with Crippen LogP contribution >= 0.6 is 34.7 Å². The maximum absolute atomic E-state index is 12.1. The third kappa shape index (κ3) is 4.75. The van der Waals surface area contributed by atoms with Crippen LogP contribution in [0.2, 0.25) is 5.02 Å². The van der Waals surface area contributed by atoms with E-state index in [2.05, 4.69) is 25.8 Å². The van der Waals surface area contributed by atoms with Gasteiger partial charge in [0.15, 0.2) is 9.99 Å². The van der Waals surface area contributed by atoms with Gasteiger partial charge in [0.1, 0.15) is 5.76 Å². The summed E-state index contributed by atoms with van der Waals surface area (Å²) in [5.74, 6) is 1.04. The molecule has 0 aliphatic carbocycles. The van der Waals surface area contributed by atoms with Crippen LogP contribution in [0.4, 0.5) is 15.6 Å². The van der Waals surface area contributed by atoms with Crippen LogP contribution < -0.4 is 16.2 Å². The van der Waals surface area contributed by atoms with Gasteiger partial charge in [-0.15, -0.1) is 14.8 Å². The fourth-order valence-corrected chi connectivity index (χ4v) is 4.26. The van der Waals surface area contributed by atoms with Crippen LogP contribution in [0, 0.1) is 6.92 Å². The van der Waals surface area contributed by atoms with Crippen LogP contribution in [0.1, 0.15) is 11.5 Å². The molecule has 3 heterocycles. The molecule has 0 saturated heterocycles. The van der Waals surface area contributed by atoms with Crippen molar-refractivity contribution < 1.29 is 9.32 Å². The molecule has 148 valence electrons. The maximum Gasteiger partial charge on any atom is 0.325 e. The third-order valence-corrected chi connectivity index (χ3v) is 5.82. The molecule has 0 aliphatic rings. The van der Waals surface area contributed by atoms with E-state index in [1.807, 2.05) is 0 Å². The van der Waals surface area contributed by atoms with E-state index in [-0.39, 0.29) is 5.56 Å². The number of amides is 2. The fourth-order valence-electron chi connectivity index (χ4n) is 2.43. The van der Waals surface area contributed by atoms with Crippen molar-refractivity contribution in [2.75, 3.05) is 10.6 Å². The molecule has 4 rings (SSSR count). The predicted octanol–water partition coefficient (Wildman–Crippen LogP) is 4.04. The molecule has 2 amide bonds. The quantitative estimate of drug-likeness (QED) is 0.349. The van der Waals surface area contributed by atoms with Crippen LogP contribution in [0.5, 0.6) is 0 Å². The Kier molecular flexibility index (Phi) is 5.51. The normalized spacial score (nSPS) is 11.0. The first-order chi connectivity index (χ1) is 14.0. The van der Waals surface area contributed by atoms with Gasteiger partial charge in [-0.25, -0.2) is 9.78 Å². The summed E-state index contributed by atoms with van der Waals surface area (Å²) >= 11 is 8.48. The predicted molar refractivity (Wildman–Crippen MR) is 112 cm³/mol. The van der Waals surface area contributed by atoms with E-state index in [1.165, 1.54) is 29.2 Å². The number of benzene rings is 1. The molecule has 0 fully saturated rings. The van der Waals surface area contributed by atoms with Crippen molar-refractivity contribution in [1.82, 2.24) is 19.8 Å². The number of hydrogen-bond acceptors (Lipinski definition) is 8. The highest BCUT2D eigenvalue weighted by molar-refractivity contribution is 8.00. The number of aromatic nitrogens is 4. The molecule has 12 heteroatoms. The van der Waals surface area contributed by atoms with Gasteiger partial charge in [-0.05, 0) is 25.1 Å². The van der Waals surface area contributed by atoms with Crippen LogP contribution in [0.15, 0.2) is 50.1 Å². The Morgan fingerprint density at radius 2 is 2.14 bits per heavy atom. The van der Waals surface area contributed by atoms with Crippen LogP contribution in [0.3, 0.4) is 0 Å². The van der Waals surface area contributed by atoms with Gasteiger partial charge in [-0.3, -0.25) is 10.1 Å².